The highest BCUT2D eigenvalue weighted by molar-refractivity contribution is 4.91. The molecule has 84 valence electrons. The van der Waals surface area contributed by atoms with Crippen LogP contribution in [0.3, 0.4) is 0 Å². The zero-order valence-electron chi connectivity index (χ0n) is 10.0. The van der Waals surface area contributed by atoms with E-state index in [-0.39, 0.29) is 5.54 Å². The molecule has 0 spiro atoms. The maximum Gasteiger partial charge on any atom is 0.0180 e. The lowest BCUT2D eigenvalue weighted by Crippen LogP contribution is -2.47. The van der Waals surface area contributed by atoms with Gasteiger partial charge in [0.25, 0.3) is 0 Å². The van der Waals surface area contributed by atoms with E-state index >= 15 is 0 Å². The third-order valence-corrected chi connectivity index (χ3v) is 4.07. The number of nitrogens with two attached hydrogens (primary N) is 1. The summed E-state index contributed by atoms with van der Waals surface area (Å²) in [5.41, 5.74) is 6.72. The zero-order valence-corrected chi connectivity index (χ0v) is 10.0. The minimum atomic E-state index is 0.163. The number of unbranched alkanes of at least 4 members (excludes halogenated alkanes) is 1. The Balaban J connectivity index is 2.47. The van der Waals surface area contributed by atoms with Crippen molar-refractivity contribution >= 4 is 0 Å². The van der Waals surface area contributed by atoms with Gasteiger partial charge < -0.3 is 5.73 Å². The zero-order chi connectivity index (χ0) is 10.4. The van der Waals surface area contributed by atoms with Gasteiger partial charge in [-0.1, -0.05) is 46.0 Å². The van der Waals surface area contributed by atoms with Gasteiger partial charge in [0.2, 0.25) is 0 Å². The molecule has 0 bridgehead atoms. The van der Waals surface area contributed by atoms with Crippen molar-refractivity contribution in [2.45, 2.75) is 77.2 Å². The van der Waals surface area contributed by atoms with Gasteiger partial charge >= 0.3 is 0 Å². The molecule has 1 rings (SSSR count). The normalized spacial score (nSPS) is 23.4. The SMILES string of the molecule is CCCCC(N)(CC)C1CCCCC1. The molecule has 0 saturated heterocycles. The van der Waals surface area contributed by atoms with Crippen LogP contribution >= 0.6 is 0 Å². The summed E-state index contributed by atoms with van der Waals surface area (Å²) in [7, 11) is 0. The first-order valence-electron chi connectivity index (χ1n) is 6.52. The van der Waals surface area contributed by atoms with Gasteiger partial charge in [-0.15, -0.1) is 0 Å². The Morgan fingerprint density at radius 2 is 1.79 bits per heavy atom. The molecule has 0 radical (unpaired) electrons. The standard InChI is InChI=1S/C13H27N/c1-3-5-11-13(14,4-2)12-9-7-6-8-10-12/h12H,3-11,14H2,1-2H3. The Kier molecular flexibility index (Phi) is 4.94. The molecular formula is C13H27N. The van der Waals surface area contributed by atoms with E-state index in [1.165, 1.54) is 51.4 Å². The van der Waals surface area contributed by atoms with Crippen molar-refractivity contribution in [3.63, 3.8) is 0 Å². The molecule has 14 heavy (non-hydrogen) atoms. The molecule has 0 heterocycles. The van der Waals surface area contributed by atoms with Gasteiger partial charge in [0.15, 0.2) is 0 Å². The summed E-state index contributed by atoms with van der Waals surface area (Å²) in [5, 5.41) is 0. The first-order chi connectivity index (χ1) is 6.73. The summed E-state index contributed by atoms with van der Waals surface area (Å²) in [5.74, 6) is 0.813. The van der Waals surface area contributed by atoms with Crippen molar-refractivity contribution < 1.29 is 0 Å². The van der Waals surface area contributed by atoms with E-state index in [2.05, 4.69) is 13.8 Å². The molecule has 1 atom stereocenters. The van der Waals surface area contributed by atoms with Gasteiger partial charge in [-0.3, -0.25) is 0 Å². The van der Waals surface area contributed by atoms with Crippen molar-refractivity contribution in [1.82, 2.24) is 0 Å². The second-order valence-electron chi connectivity index (χ2n) is 5.03. The van der Waals surface area contributed by atoms with Crippen molar-refractivity contribution in [1.29, 1.82) is 0 Å². The van der Waals surface area contributed by atoms with Gasteiger partial charge in [0.1, 0.15) is 0 Å². The van der Waals surface area contributed by atoms with E-state index in [4.69, 9.17) is 5.73 Å². The van der Waals surface area contributed by atoms with E-state index < -0.39 is 0 Å². The lowest BCUT2D eigenvalue weighted by molar-refractivity contribution is 0.183. The van der Waals surface area contributed by atoms with Crippen LogP contribution in [0.15, 0.2) is 0 Å². The van der Waals surface area contributed by atoms with E-state index in [0.29, 0.717) is 0 Å². The molecule has 0 aromatic rings. The van der Waals surface area contributed by atoms with Crippen LogP contribution in [0.25, 0.3) is 0 Å². The Hall–Kier alpha value is -0.0400. The maximum atomic E-state index is 6.56. The summed E-state index contributed by atoms with van der Waals surface area (Å²) < 4.78 is 0. The molecule has 1 heteroatoms. The number of rotatable bonds is 5. The van der Waals surface area contributed by atoms with E-state index in [1.807, 2.05) is 0 Å². The summed E-state index contributed by atoms with van der Waals surface area (Å²) in [4.78, 5) is 0. The molecule has 1 unspecified atom stereocenters. The number of hydrogen-bond acceptors (Lipinski definition) is 1. The molecule has 0 aromatic heterocycles. The van der Waals surface area contributed by atoms with Crippen LogP contribution in [0.2, 0.25) is 0 Å². The molecule has 1 nitrogen and oxygen atoms in total. The second-order valence-corrected chi connectivity index (χ2v) is 5.03. The van der Waals surface area contributed by atoms with E-state index in [1.54, 1.807) is 0 Å². The minimum Gasteiger partial charge on any atom is -0.325 e. The monoisotopic (exact) mass is 197 g/mol. The predicted molar refractivity (Wildman–Crippen MR) is 63.3 cm³/mol. The van der Waals surface area contributed by atoms with Crippen molar-refractivity contribution in [2.75, 3.05) is 0 Å². The number of hydrogen-bond donors (Lipinski definition) is 1. The van der Waals surface area contributed by atoms with Gasteiger partial charge in [-0.05, 0) is 31.6 Å². The summed E-state index contributed by atoms with van der Waals surface area (Å²) in [6.45, 7) is 4.53. The average Bonchev–Trinajstić information content (AvgIpc) is 2.27. The van der Waals surface area contributed by atoms with Crippen LogP contribution in [-0.2, 0) is 0 Å². The average molecular weight is 197 g/mol. The molecule has 1 saturated carbocycles. The predicted octanol–water partition coefficient (Wildman–Crippen LogP) is 3.86. The highest BCUT2D eigenvalue weighted by Crippen LogP contribution is 2.35. The summed E-state index contributed by atoms with van der Waals surface area (Å²) in [6, 6.07) is 0. The molecular weight excluding hydrogens is 170 g/mol. The second kappa shape index (κ2) is 5.75. The van der Waals surface area contributed by atoms with Gasteiger partial charge in [0.05, 0.1) is 0 Å². The third-order valence-electron chi connectivity index (χ3n) is 4.07. The Morgan fingerprint density at radius 3 is 2.29 bits per heavy atom. The summed E-state index contributed by atoms with van der Waals surface area (Å²) in [6.07, 6.45) is 12.0. The molecule has 0 aliphatic heterocycles. The van der Waals surface area contributed by atoms with Crippen molar-refractivity contribution in [2.24, 2.45) is 11.7 Å². The quantitative estimate of drug-likeness (QED) is 0.711. The van der Waals surface area contributed by atoms with Crippen molar-refractivity contribution in [3.8, 4) is 0 Å². The van der Waals surface area contributed by atoms with Crippen LogP contribution in [0.4, 0.5) is 0 Å². The fourth-order valence-electron chi connectivity index (χ4n) is 2.85. The Labute approximate surface area is 89.5 Å². The van der Waals surface area contributed by atoms with Gasteiger partial charge in [0, 0.05) is 5.54 Å². The molecule has 1 aliphatic carbocycles. The van der Waals surface area contributed by atoms with Crippen LogP contribution < -0.4 is 5.73 Å². The molecule has 0 aromatic carbocycles. The molecule has 1 fully saturated rings. The van der Waals surface area contributed by atoms with E-state index in [0.717, 1.165) is 12.3 Å². The Bertz CT molecular complexity index is 149. The fourth-order valence-corrected chi connectivity index (χ4v) is 2.85. The van der Waals surface area contributed by atoms with E-state index in [9.17, 15) is 0 Å². The largest absolute Gasteiger partial charge is 0.325 e. The summed E-state index contributed by atoms with van der Waals surface area (Å²) >= 11 is 0. The third kappa shape index (κ3) is 2.98. The fraction of sp³-hybridized carbons (Fsp3) is 1.00. The first kappa shape index (κ1) is 12.0. The van der Waals surface area contributed by atoms with Crippen LogP contribution in [0, 0.1) is 5.92 Å². The van der Waals surface area contributed by atoms with Gasteiger partial charge in [-0.25, -0.2) is 0 Å². The van der Waals surface area contributed by atoms with Gasteiger partial charge in [-0.2, -0.15) is 0 Å². The lowest BCUT2D eigenvalue weighted by atomic mass is 9.71. The van der Waals surface area contributed by atoms with Crippen LogP contribution in [-0.4, -0.2) is 5.54 Å². The lowest BCUT2D eigenvalue weighted by Gasteiger charge is -2.39. The van der Waals surface area contributed by atoms with Crippen molar-refractivity contribution in [3.05, 3.63) is 0 Å². The van der Waals surface area contributed by atoms with Crippen LogP contribution in [0.1, 0.15) is 71.6 Å². The molecule has 0 amide bonds. The smallest absolute Gasteiger partial charge is 0.0180 e. The maximum absolute atomic E-state index is 6.56. The highest BCUT2D eigenvalue weighted by Gasteiger charge is 2.32. The molecule has 1 aliphatic rings. The first-order valence-corrected chi connectivity index (χ1v) is 6.52. The minimum absolute atomic E-state index is 0.163. The highest BCUT2D eigenvalue weighted by atomic mass is 14.8. The van der Waals surface area contributed by atoms with Crippen LogP contribution in [0.5, 0.6) is 0 Å². The molecule has 2 N–H and O–H groups in total. The topological polar surface area (TPSA) is 26.0 Å². The Morgan fingerprint density at radius 1 is 1.14 bits per heavy atom.